The van der Waals surface area contributed by atoms with Gasteiger partial charge in [-0.3, -0.25) is 0 Å². The number of rotatable bonds is 5. The van der Waals surface area contributed by atoms with Crippen LogP contribution in [0.2, 0.25) is 0 Å². The van der Waals surface area contributed by atoms with E-state index in [9.17, 15) is 0 Å². The first-order valence-electron chi connectivity index (χ1n) is 18.5. The summed E-state index contributed by atoms with van der Waals surface area (Å²) in [6.07, 6.45) is 0. The molecule has 11 rings (SSSR count). The van der Waals surface area contributed by atoms with Gasteiger partial charge in [-0.1, -0.05) is 146 Å². The zero-order valence-corrected chi connectivity index (χ0v) is 30.2. The highest BCUT2D eigenvalue weighted by atomic mass is 32.1. The average Bonchev–Trinajstić information content (AvgIpc) is 3.61. The third-order valence-corrected chi connectivity index (χ3v) is 12.1. The van der Waals surface area contributed by atoms with E-state index in [2.05, 4.69) is 205 Å². The van der Waals surface area contributed by atoms with E-state index < -0.39 is 0 Å². The smallest absolute Gasteiger partial charge is 0.0540 e. The fraction of sp³-hybridized carbons (Fsp3) is 0. The Kier molecular flexibility index (Phi) is 7.11. The van der Waals surface area contributed by atoms with Crippen molar-refractivity contribution in [2.75, 3.05) is 4.90 Å². The number of anilines is 3. The van der Waals surface area contributed by atoms with Crippen LogP contribution < -0.4 is 4.90 Å². The molecule has 2 heteroatoms. The van der Waals surface area contributed by atoms with Gasteiger partial charge in [0.2, 0.25) is 0 Å². The molecule has 0 atom stereocenters. The van der Waals surface area contributed by atoms with Crippen molar-refractivity contribution in [2.24, 2.45) is 0 Å². The maximum Gasteiger partial charge on any atom is 0.0540 e. The molecular formula is C52H33NS. The van der Waals surface area contributed by atoms with Crippen LogP contribution in [0.3, 0.4) is 0 Å². The molecule has 0 aliphatic rings. The van der Waals surface area contributed by atoms with Crippen LogP contribution in [0.4, 0.5) is 17.1 Å². The van der Waals surface area contributed by atoms with Crippen LogP contribution >= 0.6 is 11.3 Å². The van der Waals surface area contributed by atoms with Gasteiger partial charge in [0, 0.05) is 36.9 Å². The highest BCUT2D eigenvalue weighted by Crippen LogP contribution is 2.44. The van der Waals surface area contributed by atoms with E-state index in [1.54, 1.807) is 0 Å². The topological polar surface area (TPSA) is 3.24 Å². The van der Waals surface area contributed by atoms with Crippen LogP contribution in [0.25, 0.3) is 85.5 Å². The van der Waals surface area contributed by atoms with Crippen LogP contribution in [0.1, 0.15) is 0 Å². The molecule has 0 bridgehead atoms. The van der Waals surface area contributed by atoms with E-state index in [4.69, 9.17) is 0 Å². The van der Waals surface area contributed by atoms with Gasteiger partial charge in [0.05, 0.1) is 5.69 Å². The first-order valence-corrected chi connectivity index (χ1v) is 19.3. The molecule has 0 spiro atoms. The summed E-state index contributed by atoms with van der Waals surface area (Å²) >= 11 is 1.87. The van der Waals surface area contributed by atoms with E-state index in [0.29, 0.717) is 0 Å². The van der Waals surface area contributed by atoms with E-state index in [1.165, 1.54) is 85.5 Å². The van der Waals surface area contributed by atoms with Crippen molar-refractivity contribution in [1.82, 2.24) is 0 Å². The van der Waals surface area contributed by atoms with Crippen LogP contribution in [0.15, 0.2) is 200 Å². The first-order chi connectivity index (χ1) is 26.8. The molecule has 11 aromatic rings. The molecule has 10 aromatic carbocycles. The van der Waals surface area contributed by atoms with Crippen molar-refractivity contribution in [1.29, 1.82) is 0 Å². The lowest BCUT2D eigenvalue weighted by Gasteiger charge is -2.27. The summed E-state index contributed by atoms with van der Waals surface area (Å²) in [5.74, 6) is 0. The monoisotopic (exact) mass is 703 g/mol. The molecule has 0 fully saturated rings. The third-order valence-electron chi connectivity index (χ3n) is 11.0. The Morgan fingerprint density at radius 3 is 1.72 bits per heavy atom. The predicted octanol–water partition coefficient (Wildman–Crippen LogP) is 15.5. The van der Waals surface area contributed by atoms with Gasteiger partial charge in [0.1, 0.15) is 0 Å². The molecule has 0 saturated carbocycles. The molecule has 0 aliphatic carbocycles. The second-order valence-electron chi connectivity index (χ2n) is 14.1. The molecule has 0 unspecified atom stereocenters. The Morgan fingerprint density at radius 1 is 0.315 bits per heavy atom. The number of hydrogen-bond acceptors (Lipinski definition) is 2. The van der Waals surface area contributed by atoms with E-state index in [-0.39, 0.29) is 0 Å². The van der Waals surface area contributed by atoms with Crippen molar-refractivity contribution >= 4 is 91.7 Å². The van der Waals surface area contributed by atoms with Gasteiger partial charge < -0.3 is 4.90 Å². The lowest BCUT2D eigenvalue weighted by Crippen LogP contribution is -2.10. The van der Waals surface area contributed by atoms with Gasteiger partial charge in [-0.2, -0.15) is 0 Å². The molecule has 252 valence electrons. The minimum absolute atomic E-state index is 1.12. The van der Waals surface area contributed by atoms with Crippen LogP contribution in [-0.4, -0.2) is 0 Å². The molecule has 1 aromatic heterocycles. The zero-order chi connectivity index (χ0) is 35.6. The van der Waals surface area contributed by atoms with Crippen molar-refractivity contribution in [3.63, 3.8) is 0 Å². The number of thiophene rings is 1. The van der Waals surface area contributed by atoms with Gasteiger partial charge >= 0.3 is 0 Å². The molecular weight excluding hydrogens is 671 g/mol. The number of fused-ring (bicyclic) bond motifs is 9. The van der Waals surface area contributed by atoms with E-state index in [1.807, 2.05) is 11.3 Å². The summed E-state index contributed by atoms with van der Waals surface area (Å²) < 4.78 is 2.63. The van der Waals surface area contributed by atoms with E-state index >= 15 is 0 Å². The Labute approximate surface area is 317 Å². The second-order valence-corrected chi connectivity index (χ2v) is 15.2. The molecule has 0 amide bonds. The van der Waals surface area contributed by atoms with Crippen molar-refractivity contribution in [3.8, 4) is 22.3 Å². The maximum absolute atomic E-state index is 2.42. The zero-order valence-electron chi connectivity index (χ0n) is 29.4. The Morgan fingerprint density at radius 2 is 0.926 bits per heavy atom. The summed E-state index contributed by atoms with van der Waals surface area (Å²) in [5, 5.41) is 12.8. The highest BCUT2D eigenvalue weighted by molar-refractivity contribution is 7.25. The number of benzene rings is 10. The number of hydrogen-bond donors (Lipinski definition) is 0. The minimum Gasteiger partial charge on any atom is -0.310 e. The third kappa shape index (κ3) is 4.99. The second kappa shape index (κ2) is 12.4. The number of nitrogens with zero attached hydrogens (tertiary/aromatic N) is 1. The summed E-state index contributed by atoms with van der Waals surface area (Å²) in [4.78, 5) is 2.42. The lowest BCUT2D eigenvalue weighted by molar-refractivity contribution is 1.30. The minimum atomic E-state index is 1.12. The quantitative estimate of drug-likeness (QED) is 0.161. The predicted molar refractivity (Wildman–Crippen MR) is 235 cm³/mol. The Hall–Kier alpha value is -6.74. The molecule has 1 nitrogen and oxygen atoms in total. The molecule has 0 aliphatic heterocycles. The van der Waals surface area contributed by atoms with Crippen molar-refractivity contribution in [2.45, 2.75) is 0 Å². The van der Waals surface area contributed by atoms with Crippen molar-refractivity contribution < 1.29 is 0 Å². The SMILES string of the molecule is c1ccc(-c2ccc(N(c3ccc(-c4cc5ccc6ccccc6c5c5ccccc45)cc3)c3cccc4cc5c(cc34)sc3ccccc35)cc2)cc1. The van der Waals surface area contributed by atoms with Crippen LogP contribution in [0.5, 0.6) is 0 Å². The summed E-state index contributed by atoms with van der Waals surface area (Å²) in [6, 6.07) is 73.5. The van der Waals surface area contributed by atoms with E-state index in [0.717, 1.165) is 17.1 Å². The van der Waals surface area contributed by atoms with Gasteiger partial charge in [0.15, 0.2) is 0 Å². The largest absolute Gasteiger partial charge is 0.310 e. The summed E-state index contributed by atoms with van der Waals surface area (Å²) in [5.41, 5.74) is 8.27. The fourth-order valence-electron chi connectivity index (χ4n) is 8.44. The van der Waals surface area contributed by atoms with Gasteiger partial charge in [-0.15, -0.1) is 11.3 Å². The maximum atomic E-state index is 2.42. The molecule has 0 radical (unpaired) electrons. The Balaban J connectivity index is 1.08. The first kappa shape index (κ1) is 30.8. The molecule has 0 saturated heterocycles. The lowest BCUT2D eigenvalue weighted by atomic mass is 9.90. The van der Waals surface area contributed by atoms with Gasteiger partial charge in [-0.05, 0) is 115 Å². The van der Waals surface area contributed by atoms with Gasteiger partial charge in [0.25, 0.3) is 0 Å². The standard InChI is InChI=1S/C52H33NS/c1-2-11-34(12-3-1)35-23-27-40(28-24-35)53(49-19-10-14-38-31-48-44-17-8-9-20-50(44)54-51(48)33-47(38)49)41-29-25-37(26-30-41)46-32-39-22-21-36-13-4-5-15-42(36)52(39)45-18-7-6-16-43(45)46/h1-33H. The summed E-state index contributed by atoms with van der Waals surface area (Å²) in [6.45, 7) is 0. The highest BCUT2D eigenvalue weighted by Gasteiger charge is 2.18. The summed E-state index contributed by atoms with van der Waals surface area (Å²) in [7, 11) is 0. The normalized spacial score (nSPS) is 11.7. The van der Waals surface area contributed by atoms with Crippen molar-refractivity contribution in [3.05, 3.63) is 200 Å². The van der Waals surface area contributed by atoms with Crippen LogP contribution in [0, 0.1) is 0 Å². The molecule has 0 N–H and O–H groups in total. The molecule has 1 heterocycles. The molecule has 54 heavy (non-hydrogen) atoms. The van der Waals surface area contributed by atoms with Crippen LogP contribution in [-0.2, 0) is 0 Å². The van der Waals surface area contributed by atoms with Gasteiger partial charge in [-0.25, -0.2) is 0 Å². The Bertz CT molecular complexity index is 3190. The average molecular weight is 704 g/mol. The fourth-order valence-corrected chi connectivity index (χ4v) is 9.57.